The Bertz CT molecular complexity index is 1170. The summed E-state index contributed by atoms with van der Waals surface area (Å²) in [6.07, 6.45) is 0.666. The number of sulfonamides is 1. The summed E-state index contributed by atoms with van der Waals surface area (Å²) in [4.78, 5) is 0.320. The molecule has 0 amide bonds. The lowest BCUT2D eigenvalue weighted by Crippen LogP contribution is -2.30. The van der Waals surface area contributed by atoms with Gasteiger partial charge in [-0.2, -0.15) is 0 Å². The van der Waals surface area contributed by atoms with E-state index < -0.39 is 10.0 Å². The maximum Gasteiger partial charge on any atom is 0.264 e. The molecule has 3 aromatic rings. The summed E-state index contributed by atoms with van der Waals surface area (Å²) >= 11 is 2.30. The molecule has 0 aliphatic carbocycles. The van der Waals surface area contributed by atoms with Crippen LogP contribution in [0.25, 0.3) is 5.70 Å². The molecule has 1 unspecified atom stereocenters. The Morgan fingerprint density at radius 1 is 0.862 bits per heavy atom. The van der Waals surface area contributed by atoms with E-state index in [1.54, 1.807) is 16.4 Å². The second-order valence-corrected chi connectivity index (χ2v) is 10.5. The molecule has 0 fully saturated rings. The van der Waals surface area contributed by atoms with Gasteiger partial charge in [-0.05, 0) is 65.8 Å². The molecular formula is C24H22INO2S. The lowest BCUT2D eigenvalue weighted by molar-refractivity contribution is 0.445. The lowest BCUT2D eigenvalue weighted by atomic mass is 10.1. The molecule has 0 bridgehead atoms. The van der Waals surface area contributed by atoms with Gasteiger partial charge in [0.15, 0.2) is 0 Å². The van der Waals surface area contributed by atoms with Crippen LogP contribution in [0.2, 0.25) is 0 Å². The van der Waals surface area contributed by atoms with E-state index in [2.05, 4.69) is 28.7 Å². The van der Waals surface area contributed by atoms with Crippen molar-refractivity contribution in [3.8, 4) is 0 Å². The monoisotopic (exact) mass is 515 g/mol. The van der Waals surface area contributed by atoms with Gasteiger partial charge in [0, 0.05) is 10.0 Å². The number of hydrogen-bond donors (Lipinski definition) is 0. The summed E-state index contributed by atoms with van der Waals surface area (Å²) < 4.78 is 30.3. The SMILES string of the molecule is Cc1ccc(S(=O)(=O)N2C(c3cccc(C)c3)=C(I)CC2c2ccccc2)cc1. The Kier molecular flexibility index (Phi) is 5.53. The van der Waals surface area contributed by atoms with Crippen LogP contribution in [-0.2, 0) is 10.0 Å². The average molecular weight is 515 g/mol. The summed E-state index contributed by atoms with van der Waals surface area (Å²) in [5.41, 5.74) is 4.86. The fourth-order valence-corrected chi connectivity index (χ4v) is 6.59. The Hall–Kier alpha value is -2.12. The van der Waals surface area contributed by atoms with Crippen molar-refractivity contribution in [2.45, 2.75) is 31.2 Å². The van der Waals surface area contributed by atoms with Gasteiger partial charge in [0.25, 0.3) is 10.0 Å². The van der Waals surface area contributed by atoms with Crippen LogP contribution < -0.4 is 0 Å². The number of nitrogens with zero attached hydrogens (tertiary/aromatic N) is 1. The van der Waals surface area contributed by atoms with Crippen molar-refractivity contribution in [1.82, 2.24) is 4.31 Å². The summed E-state index contributed by atoms with van der Waals surface area (Å²) in [6.45, 7) is 3.99. The van der Waals surface area contributed by atoms with E-state index >= 15 is 0 Å². The zero-order valence-corrected chi connectivity index (χ0v) is 19.3. The molecule has 148 valence electrons. The molecule has 0 spiro atoms. The number of halogens is 1. The second-order valence-electron chi connectivity index (χ2n) is 7.37. The quantitative estimate of drug-likeness (QED) is 0.386. The maximum absolute atomic E-state index is 13.8. The van der Waals surface area contributed by atoms with Crippen LogP contribution in [0.3, 0.4) is 0 Å². The number of aryl methyl sites for hydroxylation is 2. The summed E-state index contributed by atoms with van der Waals surface area (Å²) in [5, 5.41) is 0. The van der Waals surface area contributed by atoms with Crippen molar-refractivity contribution < 1.29 is 8.42 Å². The first-order valence-electron chi connectivity index (χ1n) is 9.49. The fourth-order valence-electron chi connectivity index (χ4n) is 3.74. The highest BCUT2D eigenvalue weighted by molar-refractivity contribution is 14.1. The van der Waals surface area contributed by atoms with E-state index in [0.717, 1.165) is 31.5 Å². The highest BCUT2D eigenvalue weighted by Gasteiger charge is 2.41. The van der Waals surface area contributed by atoms with E-state index in [0.29, 0.717) is 11.3 Å². The highest BCUT2D eigenvalue weighted by atomic mass is 127. The van der Waals surface area contributed by atoms with E-state index in [-0.39, 0.29) is 6.04 Å². The van der Waals surface area contributed by atoms with Gasteiger partial charge < -0.3 is 0 Å². The standard InChI is InChI=1S/C24H22INO2S/c1-17-11-13-21(14-12-17)29(27,28)26-23(19-8-4-3-5-9-19)16-22(25)24(26)20-10-6-7-18(2)15-20/h3-15,23H,16H2,1-2H3. The second kappa shape index (κ2) is 7.95. The zero-order chi connectivity index (χ0) is 20.6. The molecule has 29 heavy (non-hydrogen) atoms. The molecule has 1 aliphatic heterocycles. The third-order valence-corrected chi connectivity index (χ3v) is 7.96. The van der Waals surface area contributed by atoms with Crippen LogP contribution in [0.1, 0.15) is 34.7 Å². The highest BCUT2D eigenvalue weighted by Crippen LogP contribution is 2.49. The van der Waals surface area contributed by atoms with Crippen molar-refractivity contribution in [3.63, 3.8) is 0 Å². The van der Waals surface area contributed by atoms with E-state index in [9.17, 15) is 8.42 Å². The smallest absolute Gasteiger partial charge is 0.257 e. The van der Waals surface area contributed by atoms with Gasteiger partial charge >= 0.3 is 0 Å². The van der Waals surface area contributed by atoms with Crippen LogP contribution in [0, 0.1) is 13.8 Å². The van der Waals surface area contributed by atoms with Crippen LogP contribution in [0.4, 0.5) is 0 Å². The molecule has 0 saturated carbocycles. The largest absolute Gasteiger partial charge is 0.264 e. The minimum Gasteiger partial charge on any atom is -0.257 e. The zero-order valence-electron chi connectivity index (χ0n) is 16.3. The predicted molar refractivity (Wildman–Crippen MR) is 126 cm³/mol. The number of hydrogen-bond acceptors (Lipinski definition) is 2. The van der Waals surface area contributed by atoms with Gasteiger partial charge in [0.1, 0.15) is 0 Å². The van der Waals surface area contributed by atoms with Crippen LogP contribution in [0.15, 0.2) is 87.3 Å². The number of rotatable bonds is 4. The third-order valence-electron chi connectivity index (χ3n) is 5.19. The molecule has 3 nitrogen and oxygen atoms in total. The van der Waals surface area contributed by atoms with E-state index in [1.807, 2.05) is 74.5 Å². The molecule has 1 heterocycles. The van der Waals surface area contributed by atoms with Crippen molar-refractivity contribution in [2.75, 3.05) is 0 Å². The maximum atomic E-state index is 13.8. The Labute approximate surface area is 186 Å². The summed E-state index contributed by atoms with van der Waals surface area (Å²) in [6, 6.07) is 24.8. The lowest BCUT2D eigenvalue weighted by Gasteiger charge is -2.30. The molecule has 1 aliphatic rings. The molecule has 0 aromatic heterocycles. The van der Waals surface area contributed by atoms with Gasteiger partial charge in [0.2, 0.25) is 0 Å². The van der Waals surface area contributed by atoms with Crippen molar-refractivity contribution in [2.24, 2.45) is 0 Å². The van der Waals surface area contributed by atoms with Gasteiger partial charge in [-0.3, -0.25) is 4.31 Å². The normalized spacial score (nSPS) is 17.1. The minimum absolute atomic E-state index is 0.259. The predicted octanol–water partition coefficient (Wildman–Crippen LogP) is 6.24. The molecule has 0 radical (unpaired) electrons. The van der Waals surface area contributed by atoms with Crippen molar-refractivity contribution in [1.29, 1.82) is 0 Å². The molecular weight excluding hydrogens is 493 g/mol. The Morgan fingerprint density at radius 3 is 2.21 bits per heavy atom. The third kappa shape index (κ3) is 3.85. The van der Waals surface area contributed by atoms with Gasteiger partial charge in [-0.1, -0.05) is 71.8 Å². The topological polar surface area (TPSA) is 37.4 Å². The van der Waals surface area contributed by atoms with E-state index in [1.165, 1.54) is 0 Å². The molecule has 0 N–H and O–H groups in total. The summed E-state index contributed by atoms with van der Waals surface area (Å²) in [5.74, 6) is 0. The van der Waals surface area contributed by atoms with Crippen molar-refractivity contribution >= 4 is 38.3 Å². The Balaban J connectivity index is 1.90. The first kappa shape index (κ1) is 20.2. The van der Waals surface area contributed by atoms with Crippen LogP contribution in [0.5, 0.6) is 0 Å². The van der Waals surface area contributed by atoms with Gasteiger partial charge in [0.05, 0.1) is 16.6 Å². The molecule has 0 saturated heterocycles. The Morgan fingerprint density at radius 2 is 1.55 bits per heavy atom. The van der Waals surface area contributed by atoms with Gasteiger partial charge in [-0.15, -0.1) is 0 Å². The van der Waals surface area contributed by atoms with Crippen LogP contribution in [-0.4, -0.2) is 12.7 Å². The first-order valence-corrected chi connectivity index (χ1v) is 12.0. The van der Waals surface area contributed by atoms with Crippen molar-refractivity contribution in [3.05, 3.63) is 105 Å². The fraction of sp³-hybridized carbons (Fsp3) is 0.167. The molecule has 1 atom stereocenters. The molecule has 5 heteroatoms. The molecule has 4 rings (SSSR count). The van der Waals surface area contributed by atoms with Crippen LogP contribution >= 0.6 is 22.6 Å². The first-order chi connectivity index (χ1) is 13.9. The average Bonchev–Trinajstić information content (AvgIpc) is 3.07. The molecule has 3 aromatic carbocycles. The van der Waals surface area contributed by atoms with Gasteiger partial charge in [-0.25, -0.2) is 8.42 Å². The number of benzene rings is 3. The minimum atomic E-state index is -3.73. The summed E-state index contributed by atoms with van der Waals surface area (Å²) in [7, 11) is -3.73. The van der Waals surface area contributed by atoms with E-state index in [4.69, 9.17) is 0 Å².